The summed E-state index contributed by atoms with van der Waals surface area (Å²) in [6.07, 6.45) is 7.65. The van der Waals surface area contributed by atoms with Gasteiger partial charge in [-0.25, -0.2) is 10.8 Å². The molecule has 1 aliphatic heterocycles. The molecule has 8 heteroatoms. The standard InChI is InChI=1S/C15H22N8/c1-3-11-13-21-17-8-22(13)12-9(2)18-15(20-16)19-14(12)23(11)10-6-4-5-7-10/h8,10-11H,3-7,16H2,1-2H3,(H,18,19,20)/t11-/m1/s1. The lowest BCUT2D eigenvalue weighted by atomic mass is 10.0. The van der Waals surface area contributed by atoms with E-state index in [0.29, 0.717) is 12.0 Å². The fraction of sp³-hybridized carbons (Fsp3) is 0.600. The van der Waals surface area contributed by atoms with Crippen LogP contribution in [0.3, 0.4) is 0 Å². The summed E-state index contributed by atoms with van der Waals surface area (Å²) in [5.74, 6) is 7.94. The molecule has 2 aliphatic rings. The number of aryl methyl sites for hydroxylation is 1. The van der Waals surface area contributed by atoms with E-state index >= 15 is 0 Å². The zero-order valence-corrected chi connectivity index (χ0v) is 13.5. The van der Waals surface area contributed by atoms with Crippen molar-refractivity contribution in [1.82, 2.24) is 24.7 Å². The molecule has 0 spiro atoms. The van der Waals surface area contributed by atoms with Gasteiger partial charge in [-0.15, -0.1) is 10.2 Å². The Morgan fingerprint density at radius 2 is 2.09 bits per heavy atom. The molecule has 1 fully saturated rings. The van der Waals surface area contributed by atoms with E-state index in [1.54, 1.807) is 6.33 Å². The highest BCUT2D eigenvalue weighted by molar-refractivity contribution is 5.66. The third-order valence-electron chi connectivity index (χ3n) is 4.97. The minimum absolute atomic E-state index is 0.188. The molecular weight excluding hydrogens is 292 g/mol. The van der Waals surface area contributed by atoms with Crippen molar-refractivity contribution in [3.63, 3.8) is 0 Å². The van der Waals surface area contributed by atoms with E-state index in [9.17, 15) is 0 Å². The largest absolute Gasteiger partial charge is 0.341 e. The van der Waals surface area contributed by atoms with Crippen LogP contribution in [-0.4, -0.2) is 30.8 Å². The summed E-state index contributed by atoms with van der Waals surface area (Å²) in [5, 5.41) is 8.52. The van der Waals surface area contributed by atoms with Gasteiger partial charge < -0.3 is 4.90 Å². The van der Waals surface area contributed by atoms with Gasteiger partial charge >= 0.3 is 0 Å². The summed E-state index contributed by atoms with van der Waals surface area (Å²) < 4.78 is 2.03. The minimum Gasteiger partial charge on any atom is -0.341 e. The van der Waals surface area contributed by atoms with Crippen molar-refractivity contribution in [3.8, 4) is 5.69 Å². The van der Waals surface area contributed by atoms with E-state index in [-0.39, 0.29) is 6.04 Å². The number of nitrogens with two attached hydrogens (primary N) is 1. The topological polar surface area (TPSA) is 97.8 Å². The first-order valence-corrected chi connectivity index (χ1v) is 8.28. The van der Waals surface area contributed by atoms with Crippen molar-refractivity contribution in [2.45, 2.75) is 58.0 Å². The molecule has 0 radical (unpaired) electrons. The van der Waals surface area contributed by atoms with Crippen molar-refractivity contribution in [2.75, 3.05) is 10.3 Å². The average Bonchev–Trinajstić information content (AvgIpc) is 3.24. The van der Waals surface area contributed by atoms with Crippen molar-refractivity contribution >= 4 is 11.8 Å². The summed E-state index contributed by atoms with van der Waals surface area (Å²) in [7, 11) is 0. The number of nitrogens with one attached hydrogen (secondary N) is 1. The summed E-state index contributed by atoms with van der Waals surface area (Å²) in [4.78, 5) is 11.6. The van der Waals surface area contributed by atoms with E-state index in [1.807, 2.05) is 11.5 Å². The Bertz CT molecular complexity index is 718. The van der Waals surface area contributed by atoms with Crippen LogP contribution in [0.2, 0.25) is 0 Å². The molecule has 8 nitrogen and oxygen atoms in total. The van der Waals surface area contributed by atoms with E-state index in [0.717, 1.165) is 29.4 Å². The van der Waals surface area contributed by atoms with Gasteiger partial charge in [-0.1, -0.05) is 19.8 Å². The number of hydrogen-bond acceptors (Lipinski definition) is 7. The Hall–Kier alpha value is -2.22. The zero-order chi connectivity index (χ0) is 16.0. The van der Waals surface area contributed by atoms with Crippen molar-refractivity contribution in [3.05, 3.63) is 17.8 Å². The van der Waals surface area contributed by atoms with Gasteiger partial charge in [-0.05, 0) is 26.2 Å². The van der Waals surface area contributed by atoms with Crippen LogP contribution >= 0.6 is 0 Å². The van der Waals surface area contributed by atoms with Crippen molar-refractivity contribution in [2.24, 2.45) is 5.84 Å². The van der Waals surface area contributed by atoms with Crippen LogP contribution < -0.4 is 16.2 Å². The number of aromatic nitrogens is 5. The summed E-state index contributed by atoms with van der Waals surface area (Å²) in [5.41, 5.74) is 4.44. The number of rotatable bonds is 3. The Morgan fingerprint density at radius 3 is 2.78 bits per heavy atom. The molecule has 23 heavy (non-hydrogen) atoms. The molecule has 1 atom stereocenters. The first kappa shape index (κ1) is 14.4. The number of nitrogens with zero attached hydrogens (tertiary/aromatic N) is 6. The molecule has 0 bridgehead atoms. The smallest absolute Gasteiger partial charge is 0.239 e. The molecule has 3 N–H and O–H groups in total. The molecular formula is C15H22N8. The molecule has 1 aliphatic carbocycles. The minimum atomic E-state index is 0.188. The molecule has 122 valence electrons. The Labute approximate surface area is 135 Å². The molecule has 1 saturated carbocycles. The van der Waals surface area contributed by atoms with Gasteiger partial charge in [0.1, 0.15) is 12.0 Å². The summed E-state index contributed by atoms with van der Waals surface area (Å²) in [6.45, 7) is 4.16. The number of hydrazine groups is 1. The second-order valence-electron chi connectivity index (χ2n) is 6.28. The normalized spacial score (nSPS) is 20.5. The van der Waals surface area contributed by atoms with Crippen LogP contribution in [0.5, 0.6) is 0 Å². The van der Waals surface area contributed by atoms with Gasteiger partial charge in [0.05, 0.1) is 11.7 Å². The highest BCUT2D eigenvalue weighted by Gasteiger charge is 2.39. The highest BCUT2D eigenvalue weighted by Crippen LogP contribution is 2.43. The lowest BCUT2D eigenvalue weighted by molar-refractivity contribution is 0.468. The molecule has 0 amide bonds. The molecule has 0 saturated heterocycles. The maximum absolute atomic E-state index is 5.57. The van der Waals surface area contributed by atoms with Gasteiger partial charge in [0, 0.05) is 6.04 Å². The fourth-order valence-corrected chi connectivity index (χ4v) is 3.98. The van der Waals surface area contributed by atoms with Gasteiger partial charge in [-0.2, -0.15) is 4.98 Å². The lowest BCUT2D eigenvalue weighted by Gasteiger charge is -2.41. The van der Waals surface area contributed by atoms with E-state index in [4.69, 9.17) is 10.8 Å². The average molecular weight is 314 g/mol. The quantitative estimate of drug-likeness (QED) is 0.659. The molecule has 4 rings (SSSR count). The Morgan fingerprint density at radius 1 is 1.30 bits per heavy atom. The van der Waals surface area contributed by atoms with Gasteiger partial charge in [0.25, 0.3) is 0 Å². The molecule has 0 unspecified atom stereocenters. The van der Waals surface area contributed by atoms with Crippen LogP contribution in [0.25, 0.3) is 5.69 Å². The SMILES string of the molecule is CC[C@@H]1c2nncn2-c2c(C)nc(NN)nc2N1C1CCCC1. The van der Waals surface area contributed by atoms with E-state index in [1.165, 1.54) is 25.7 Å². The second kappa shape index (κ2) is 5.45. The predicted molar refractivity (Wildman–Crippen MR) is 87.3 cm³/mol. The summed E-state index contributed by atoms with van der Waals surface area (Å²) in [6, 6.07) is 0.678. The third kappa shape index (κ3) is 2.08. The van der Waals surface area contributed by atoms with Crippen LogP contribution in [0, 0.1) is 6.92 Å². The predicted octanol–water partition coefficient (Wildman–Crippen LogP) is 1.87. The zero-order valence-electron chi connectivity index (χ0n) is 13.5. The van der Waals surface area contributed by atoms with Crippen molar-refractivity contribution < 1.29 is 0 Å². The fourth-order valence-electron chi connectivity index (χ4n) is 3.98. The first-order chi connectivity index (χ1) is 11.2. The van der Waals surface area contributed by atoms with Gasteiger partial charge in [0.15, 0.2) is 11.6 Å². The number of anilines is 2. The van der Waals surface area contributed by atoms with Crippen LogP contribution in [0.4, 0.5) is 11.8 Å². The molecule has 2 aromatic rings. The monoisotopic (exact) mass is 314 g/mol. The van der Waals surface area contributed by atoms with Crippen LogP contribution in [0.15, 0.2) is 6.33 Å². The van der Waals surface area contributed by atoms with Gasteiger partial charge in [-0.3, -0.25) is 9.99 Å². The lowest BCUT2D eigenvalue weighted by Crippen LogP contribution is -2.42. The summed E-state index contributed by atoms with van der Waals surface area (Å²) >= 11 is 0. The molecule has 3 heterocycles. The molecule has 0 aromatic carbocycles. The van der Waals surface area contributed by atoms with E-state index < -0.39 is 0 Å². The van der Waals surface area contributed by atoms with Crippen LogP contribution in [0.1, 0.15) is 56.6 Å². The second-order valence-corrected chi connectivity index (χ2v) is 6.28. The Kier molecular flexibility index (Phi) is 3.41. The number of nitrogen functional groups attached to an aromatic ring is 1. The maximum Gasteiger partial charge on any atom is 0.239 e. The maximum atomic E-state index is 5.57. The van der Waals surface area contributed by atoms with E-state index in [2.05, 4.69) is 32.4 Å². The highest BCUT2D eigenvalue weighted by atomic mass is 15.4. The van der Waals surface area contributed by atoms with Crippen LogP contribution in [-0.2, 0) is 0 Å². The Balaban J connectivity index is 1.95. The first-order valence-electron chi connectivity index (χ1n) is 8.28. The van der Waals surface area contributed by atoms with Gasteiger partial charge in [0.2, 0.25) is 5.95 Å². The molecule has 2 aromatic heterocycles. The number of fused-ring (bicyclic) bond motifs is 3. The third-order valence-corrected chi connectivity index (χ3v) is 4.97. The number of hydrogen-bond donors (Lipinski definition) is 2. The van der Waals surface area contributed by atoms with Crippen molar-refractivity contribution in [1.29, 1.82) is 0 Å².